The van der Waals surface area contributed by atoms with Crippen molar-refractivity contribution in [1.82, 2.24) is 15.5 Å². The number of nitrogens with one attached hydrogen (secondary N) is 2. The smallest absolute Gasteiger partial charge is 0.328 e. The van der Waals surface area contributed by atoms with Crippen molar-refractivity contribution in [2.75, 3.05) is 13.1 Å². The van der Waals surface area contributed by atoms with Gasteiger partial charge >= 0.3 is 12.0 Å². The number of carbonyl (C=O) groups excluding carboxylic acids is 2. The van der Waals surface area contributed by atoms with E-state index < -0.39 is 24.1 Å². The first-order valence-electron chi connectivity index (χ1n) is 6.44. The standard InChI is InChI=1S/C12H23N3O5/c1-5-15(6-9(17)13-7(2)3)12(20)14-10(8(4)16)11(18)19/h7-8,10,16H,5-6H2,1-4H3,(H,13,17)(H,14,20)(H,18,19). The molecule has 0 aliphatic carbocycles. The number of nitrogens with zero attached hydrogens (tertiary/aromatic N) is 1. The van der Waals surface area contributed by atoms with Gasteiger partial charge in [-0.2, -0.15) is 0 Å². The van der Waals surface area contributed by atoms with Gasteiger partial charge in [0, 0.05) is 12.6 Å². The second-order valence-electron chi connectivity index (χ2n) is 4.74. The summed E-state index contributed by atoms with van der Waals surface area (Å²) in [4.78, 5) is 35.5. The third-order valence-electron chi connectivity index (χ3n) is 2.48. The van der Waals surface area contributed by atoms with Crippen LogP contribution in [0.5, 0.6) is 0 Å². The van der Waals surface area contributed by atoms with Gasteiger partial charge in [0.15, 0.2) is 6.04 Å². The highest BCUT2D eigenvalue weighted by molar-refractivity contribution is 5.87. The summed E-state index contributed by atoms with van der Waals surface area (Å²) in [6.07, 6.45) is -1.24. The van der Waals surface area contributed by atoms with Crippen molar-refractivity contribution in [3.8, 4) is 0 Å². The molecule has 20 heavy (non-hydrogen) atoms. The number of carboxylic acid groups (broad SMARTS) is 1. The van der Waals surface area contributed by atoms with Crippen LogP contribution in [0.25, 0.3) is 0 Å². The first-order chi connectivity index (χ1) is 9.18. The third-order valence-corrected chi connectivity index (χ3v) is 2.48. The minimum absolute atomic E-state index is 0.0477. The molecule has 0 aliphatic rings. The number of likely N-dealkylation sites (N-methyl/N-ethyl adjacent to an activating group) is 1. The molecular weight excluding hydrogens is 266 g/mol. The Labute approximate surface area is 118 Å². The van der Waals surface area contributed by atoms with Gasteiger partial charge < -0.3 is 25.7 Å². The van der Waals surface area contributed by atoms with E-state index in [0.29, 0.717) is 0 Å². The Kier molecular flexibility index (Phi) is 7.60. The van der Waals surface area contributed by atoms with Gasteiger partial charge in [-0.15, -0.1) is 0 Å². The average Bonchev–Trinajstić information content (AvgIpc) is 2.30. The van der Waals surface area contributed by atoms with Crippen LogP contribution in [-0.4, -0.2) is 64.3 Å². The number of hydrogen-bond acceptors (Lipinski definition) is 4. The summed E-state index contributed by atoms with van der Waals surface area (Å²) in [5, 5.41) is 23.0. The summed E-state index contributed by atoms with van der Waals surface area (Å²) < 4.78 is 0. The normalized spacial score (nSPS) is 13.5. The number of hydrogen-bond donors (Lipinski definition) is 4. The number of rotatable bonds is 7. The van der Waals surface area contributed by atoms with Gasteiger partial charge in [-0.3, -0.25) is 4.79 Å². The van der Waals surface area contributed by atoms with Crippen LogP contribution in [-0.2, 0) is 9.59 Å². The molecule has 0 fully saturated rings. The summed E-state index contributed by atoms with van der Waals surface area (Å²) in [6, 6.07) is -2.17. The van der Waals surface area contributed by atoms with Crippen LogP contribution in [0, 0.1) is 0 Å². The first-order valence-corrected chi connectivity index (χ1v) is 6.44. The van der Waals surface area contributed by atoms with E-state index in [2.05, 4.69) is 10.6 Å². The van der Waals surface area contributed by atoms with Gasteiger partial charge in [0.25, 0.3) is 0 Å². The zero-order chi connectivity index (χ0) is 15.9. The summed E-state index contributed by atoms with van der Waals surface area (Å²) in [6.45, 7) is 6.58. The lowest BCUT2D eigenvalue weighted by molar-refractivity contribution is -0.141. The minimum Gasteiger partial charge on any atom is -0.480 e. The molecule has 0 spiro atoms. The van der Waals surface area contributed by atoms with E-state index in [4.69, 9.17) is 5.11 Å². The number of aliphatic carboxylic acids is 1. The molecule has 8 heteroatoms. The maximum atomic E-state index is 11.9. The molecule has 0 aromatic carbocycles. The van der Waals surface area contributed by atoms with Crippen LogP contribution in [0.15, 0.2) is 0 Å². The molecule has 0 saturated carbocycles. The summed E-state index contributed by atoms with van der Waals surface area (Å²) in [5.74, 6) is -1.67. The van der Waals surface area contributed by atoms with Gasteiger partial charge in [-0.25, -0.2) is 9.59 Å². The number of aliphatic hydroxyl groups is 1. The summed E-state index contributed by atoms with van der Waals surface area (Å²) in [7, 11) is 0. The first kappa shape index (κ1) is 18.2. The van der Waals surface area contributed by atoms with Gasteiger partial charge in [0.2, 0.25) is 5.91 Å². The molecule has 0 rings (SSSR count). The highest BCUT2D eigenvalue weighted by atomic mass is 16.4. The predicted molar refractivity (Wildman–Crippen MR) is 72.2 cm³/mol. The van der Waals surface area contributed by atoms with Crippen LogP contribution in [0.2, 0.25) is 0 Å². The topological polar surface area (TPSA) is 119 Å². The third kappa shape index (κ3) is 6.37. The van der Waals surface area contributed by atoms with E-state index in [1.807, 2.05) is 0 Å². The molecule has 0 radical (unpaired) electrons. The SMILES string of the molecule is CCN(CC(=O)NC(C)C)C(=O)NC(C(=O)O)C(C)O. The Morgan fingerprint density at radius 2 is 1.70 bits per heavy atom. The lowest BCUT2D eigenvalue weighted by Crippen LogP contribution is -2.54. The lowest BCUT2D eigenvalue weighted by Gasteiger charge is -2.25. The molecule has 2 atom stereocenters. The van der Waals surface area contributed by atoms with Crippen molar-refractivity contribution in [2.24, 2.45) is 0 Å². The van der Waals surface area contributed by atoms with Gasteiger partial charge in [-0.1, -0.05) is 0 Å². The van der Waals surface area contributed by atoms with Crippen LogP contribution >= 0.6 is 0 Å². The lowest BCUT2D eigenvalue weighted by atomic mass is 10.2. The number of carboxylic acids is 1. The molecule has 0 heterocycles. The molecular formula is C12H23N3O5. The van der Waals surface area contributed by atoms with Crippen molar-refractivity contribution >= 4 is 17.9 Å². The highest BCUT2D eigenvalue weighted by Gasteiger charge is 2.27. The molecule has 3 amide bonds. The quantitative estimate of drug-likeness (QED) is 0.498. The molecule has 0 aromatic rings. The van der Waals surface area contributed by atoms with Gasteiger partial charge in [-0.05, 0) is 27.7 Å². The molecule has 0 saturated heterocycles. The van der Waals surface area contributed by atoms with E-state index in [1.54, 1.807) is 20.8 Å². The number of aliphatic hydroxyl groups excluding tert-OH is 1. The Morgan fingerprint density at radius 3 is 2.05 bits per heavy atom. The fraction of sp³-hybridized carbons (Fsp3) is 0.750. The molecule has 116 valence electrons. The predicted octanol–water partition coefficient (Wildman–Crippen LogP) is -0.623. The zero-order valence-corrected chi connectivity index (χ0v) is 12.2. The number of urea groups is 1. The van der Waals surface area contributed by atoms with Crippen molar-refractivity contribution in [3.05, 3.63) is 0 Å². The molecule has 0 aliphatic heterocycles. The largest absolute Gasteiger partial charge is 0.480 e. The second-order valence-corrected chi connectivity index (χ2v) is 4.74. The minimum atomic E-state index is -1.41. The van der Waals surface area contributed by atoms with E-state index in [0.717, 1.165) is 4.90 Å². The number of amides is 3. The maximum absolute atomic E-state index is 11.9. The van der Waals surface area contributed by atoms with Gasteiger partial charge in [0.05, 0.1) is 6.10 Å². The van der Waals surface area contributed by atoms with Crippen LogP contribution in [0.3, 0.4) is 0 Å². The van der Waals surface area contributed by atoms with Crippen molar-refractivity contribution in [2.45, 2.75) is 45.9 Å². The molecule has 4 N–H and O–H groups in total. The van der Waals surface area contributed by atoms with E-state index >= 15 is 0 Å². The van der Waals surface area contributed by atoms with Crippen LogP contribution in [0.1, 0.15) is 27.7 Å². The van der Waals surface area contributed by atoms with Gasteiger partial charge in [0.1, 0.15) is 6.54 Å². The van der Waals surface area contributed by atoms with Crippen LogP contribution in [0.4, 0.5) is 4.79 Å². The monoisotopic (exact) mass is 289 g/mol. The summed E-state index contributed by atoms with van der Waals surface area (Å²) >= 11 is 0. The van der Waals surface area contributed by atoms with E-state index in [9.17, 15) is 19.5 Å². The molecule has 0 aromatic heterocycles. The fourth-order valence-electron chi connectivity index (χ4n) is 1.48. The highest BCUT2D eigenvalue weighted by Crippen LogP contribution is 1.97. The Hall–Kier alpha value is -1.83. The van der Waals surface area contributed by atoms with Crippen molar-refractivity contribution in [1.29, 1.82) is 0 Å². The van der Waals surface area contributed by atoms with Crippen molar-refractivity contribution < 1.29 is 24.6 Å². The van der Waals surface area contributed by atoms with Crippen molar-refractivity contribution in [3.63, 3.8) is 0 Å². The molecule has 8 nitrogen and oxygen atoms in total. The second kappa shape index (κ2) is 8.36. The van der Waals surface area contributed by atoms with E-state index in [-0.39, 0.29) is 25.0 Å². The molecule has 2 unspecified atom stereocenters. The van der Waals surface area contributed by atoms with E-state index in [1.165, 1.54) is 6.92 Å². The Bertz CT molecular complexity index is 357. The Balaban J connectivity index is 4.61. The maximum Gasteiger partial charge on any atom is 0.328 e. The average molecular weight is 289 g/mol. The zero-order valence-electron chi connectivity index (χ0n) is 12.2. The number of carbonyl (C=O) groups is 3. The fourth-order valence-corrected chi connectivity index (χ4v) is 1.48. The summed E-state index contributed by atoms with van der Waals surface area (Å²) in [5.41, 5.74) is 0. The Morgan fingerprint density at radius 1 is 1.15 bits per heavy atom. The van der Waals surface area contributed by atoms with Crippen LogP contribution < -0.4 is 10.6 Å². The molecule has 0 bridgehead atoms.